The van der Waals surface area contributed by atoms with Gasteiger partial charge in [0.1, 0.15) is 11.4 Å². The molecule has 0 bridgehead atoms. The minimum atomic E-state index is -1.32. The minimum absolute atomic E-state index is 0.111. The Morgan fingerprint density at radius 3 is 2.54 bits per heavy atom. The zero-order chi connectivity index (χ0) is 25.9. The zero-order valence-electron chi connectivity index (χ0n) is 19.2. The number of carbonyl (C=O) groups excluding carboxylic acids is 1. The number of aromatic hydroxyl groups is 1. The van der Waals surface area contributed by atoms with Gasteiger partial charge in [0.2, 0.25) is 6.41 Å². The molecule has 0 saturated heterocycles. The molecule has 0 saturated carbocycles. The molecule has 37 heavy (non-hydrogen) atoms. The summed E-state index contributed by atoms with van der Waals surface area (Å²) in [5.41, 5.74) is 1.70. The van der Waals surface area contributed by atoms with Crippen LogP contribution in [0.1, 0.15) is 16.7 Å². The van der Waals surface area contributed by atoms with Crippen LogP contribution in [0, 0.1) is 11.8 Å². The Morgan fingerprint density at radius 1 is 1.08 bits per heavy atom. The van der Waals surface area contributed by atoms with Crippen molar-refractivity contribution < 1.29 is 19.8 Å². The molecule has 0 atom stereocenters. The first-order valence-corrected chi connectivity index (χ1v) is 11.9. The molecule has 9 nitrogen and oxygen atoms in total. The van der Waals surface area contributed by atoms with Gasteiger partial charge in [0.05, 0.1) is 16.8 Å². The fourth-order valence-corrected chi connectivity index (χ4v) is 5.06. The molecule has 2 N–H and O–H groups in total. The fraction of sp³-hybridized carbons (Fsp3) is 0.0741. The Balaban J connectivity index is 1.62. The van der Waals surface area contributed by atoms with E-state index >= 15 is 0 Å². The van der Waals surface area contributed by atoms with Crippen molar-refractivity contribution in [3.05, 3.63) is 94.2 Å². The average Bonchev–Trinajstić information content (AvgIpc) is 3.30. The highest BCUT2D eigenvalue weighted by atomic mass is 32.1. The van der Waals surface area contributed by atoms with Crippen LogP contribution < -0.4 is 10.5 Å². The molecule has 0 aliphatic rings. The quantitative estimate of drug-likeness (QED) is 0.265. The molecule has 0 unspecified atom stereocenters. The molecule has 1 aromatic carbocycles. The van der Waals surface area contributed by atoms with E-state index < -0.39 is 29.5 Å². The lowest BCUT2D eigenvalue weighted by Crippen LogP contribution is -2.35. The van der Waals surface area contributed by atoms with E-state index in [1.165, 1.54) is 4.57 Å². The van der Waals surface area contributed by atoms with Gasteiger partial charge in [0.25, 0.3) is 5.56 Å². The number of hydrogen-bond acceptors (Lipinski definition) is 7. The van der Waals surface area contributed by atoms with E-state index in [2.05, 4.69) is 21.8 Å². The number of hydrogen-bond donors (Lipinski definition) is 2. The Kier molecular flexibility index (Phi) is 6.36. The molecule has 0 aliphatic carbocycles. The number of carboxylic acids is 1. The van der Waals surface area contributed by atoms with Gasteiger partial charge in [-0.1, -0.05) is 24.0 Å². The Bertz CT molecular complexity index is 1770. The number of aromatic nitrogens is 3. The maximum Gasteiger partial charge on any atom is 0.323 e. The first-order valence-electron chi connectivity index (χ1n) is 11.0. The Labute approximate surface area is 213 Å². The van der Waals surface area contributed by atoms with Crippen LogP contribution in [0.3, 0.4) is 0 Å². The Hall–Kier alpha value is -5.01. The second-order valence-corrected chi connectivity index (χ2v) is 9.04. The van der Waals surface area contributed by atoms with Gasteiger partial charge >= 0.3 is 5.97 Å². The second-order valence-electron chi connectivity index (χ2n) is 8.04. The maximum atomic E-state index is 13.6. The average molecular weight is 511 g/mol. The third-order valence-corrected chi connectivity index (χ3v) is 6.73. The molecule has 4 heterocycles. The van der Waals surface area contributed by atoms with Crippen LogP contribution in [0.25, 0.3) is 20.4 Å². The maximum absolute atomic E-state index is 13.6. The molecular weight excluding hydrogens is 492 g/mol. The molecule has 0 radical (unpaired) electrons. The number of rotatable bonds is 6. The predicted octanol–water partition coefficient (Wildman–Crippen LogP) is 3.21. The van der Waals surface area contributed by atoms with Crippen LogP contribution >= 0.6 is 11.3 Å². The number of benzene rings is 1. The van der Waals surface area contributed by atoms with Crippen molar-refractivity contribution in [1.82, 2.24) is 14.5 Å². The van der Waals surface area contributed by atoms with Crippen molar-refractivity contribution in [1.29, 1.82) is 0 Å². The van der Waals surface area contributed by atoms with E-state index in [0.717, 1.165) is 28.0 Å². The molecular formula is C27H18N4O5S. The number of thiophene rings is 1. The van der Waals surface area contributed by atoms with Crippen LogP contribution in [0.15, 0.2) is 71.9 Å². The number of nitrogens with zero attached hydrogens (tertiary/aromatic N) is 4. The fourth-order valence-electron chi connectivity index (χ4n) is 3.97. The lowest BCUT2D eigenvalue weighted by molar-refractivity contribution is -0.136. The van der Waals surface area contributed by atoms with Crippen molar-refractivity contribution in [3.63, 3.8) is 0 Å². The van der Waals surface area contributed by atoms with Gasteiger partial charge in [0.15, 0.2) is 11.4 Å². The normalized spacial score (nSPS) is 10.7. The molecule has 0 spiro atoms. The summed E-state index contributed by atoms with van der Waals surface area (Å²) in [7, 11) is 0. The van der Waals surface area contributed by atoms with E-state index in [1.807, 2.05) is 36.4 Å². The largest absolute Gasteiger partial charge is 0.504 e. The monoisotopic (exact) mass is 510 g/mol. The lowest BCUT2D eigenvalue weighted by atomic mass is 10.1. The van der Waals surface area contributed by atoms with Crippen LogP contribution in [-0.2, 0) is 16.1 Å². The number of amides is 1. The van der Waals surface area contributed by atoms with E-state index in [9.17, 15) is 24.6 Å². The second kappa shape index (κ2) is 9.93. The number of fused-ring (bicyclic) bond motifs is 3. The van der Waals surface area contributed by atoms with Crippen LogP contribution in [0.2, 0.25) is 0 Å². The first kappa shape index (κ1) is 23.7. The van der Waals surface area contributed by atoms with E-state index in [0.29, 0.717) is 25.3 Å². The zero-order valence-corrected chi connectivity index (χ0v) is 20.0. The lowest BCUT2D eigenvalue weighted by Gasteiger charge is -2.19. The van der Waals surface area contributed by atoms with Crippen molar-refractivity contribution in [2.45, 2.75) is 6.54 Å². The summed E-state index contributed by atoms with van der Waals surface area (Å²) < 4.78 is 1.76. The third-order valence-electron chi connectivity index (χ3n) is 5.62. The Morgan fingerprint density at radius 2 is 1.84 bits per heavy atom. The van der Waals surface area contributed by atoms with Crippen molar-refractivity contribution in [2.75, 3.05) is 11.4 Å². The molecule has 5 rings (SSSR count). The highest BCUT2D eigenvalue weighted by Crippen LogP contribution is 2.41. The van der Waals surface area contributed by atoms with Gasteiger partial charge < -0.3 is 14.8 Å². The smallest absolute Gasteiger partial charge is 0.323 e. The number of pyridine rings is 3. The highest BCUT2D eigenvalue weighted by molar-refractivity contribution is 7.25. The van der Waals surface area contributed by atoms with Crippen LogP contribution in [-0.4, -0.2) is 43.7 Å². The molecule has 0 fully saturated rings. The molecule has 182 valence electrons. The summed E-state index contributed by atoms with van der Waals surface area (Å²) in [6, 6.07) is 14.5. The first-order chi connectivity index (χ1) is 18.0. The summed E-state index contributed by atoms with van der Waals surface area (Å²) >= 11 is 1.16. The van der Waals surface area contributed by atoms with Gasteiger partial charge in [-0.05, 0) is 42.0 Å². The summed E-state index contributed by atoms with van der Waals surface area (Å²) in [6.45, 7) is -0.662. The van der Waals surface area contributed by atoms with Gasteiger partial charge in [-0.3, -0.25) is 24.3 Å². The van der Waals surface area contributed by atoms with Gasteiger partial charge in [0, 0.05) is 35.1 Å². The van der Waals surface area contributed by atoms with E-state index in [1.54, 1.807) is 30.7 Å². The minimum Gasteiger partial charge on any atom is -0.504 e. The van der Waals surface area contributed by atoms with Crippen molar-refractivity contribution in [2.24, 2.45) is 0 Å². The number of anilines is 1. The van der Waals surface area contributed by atoms with Gasteiger partial charge in [-0.15, -0.1) is 11.3 Å². The van der Waals surface area contributed by atoms with E-state index in [-0.39, 0.29) is 13.0 Å². The van der Waals surface area contributed by atoms with Gasteiger partial charge in [-0.2, -0.15) is 0 Å². The molecule has 0 aliphatic heterocycles. The topological polar surface area (TPSA) is 126 Å². The molecule has 10 heteroatoms. The summed E-state index contributed by atoms with van der Waals surface area (Å²) in [6.07, 6.45) is 5.18. The summed E-state index contributed by atoms with van der Waals surface area (Å²) in [5, 5.41) is 20.9. The summed E-state index contributed by atoms with van der Waals surface area (Å²) in [5.74, 6) is 4.34. The highest BCUT2D eigenvalue weighted by Gasteiger charge is 2.26. The predicted molar refractivity (Wildman–Crippen MR) is 140 cm³/mol. The van der Waals surface area contributed by atoms with Crippen LogP contribution in [0.4, 0.5) is 5.69 Å². The summed E-state index contributed by atoms with van der Waals surface area (Å²) in [4.78, 5) is 46.3. The standard InChI is InChI=1S/C27H18N4O5S/c32-16-30(15-21(33)34)23-24(35)25-22(20-4-2-12-29-26(20)37-25)31(27(23)36)14-19-9-6-17(7-10-19)5-8-18-3-1-11-28-13-18/h1-4,6-7,9-13,16,35H,14-15H2,(H,33,34). The molecule has 4 aromatic heterocycles. The molecule has 1 amide bonds. The number of carboxylic acid groups (broad SMARTS) is 1. The van der Waals surface area contributed by atoms with Crippen molar-refractivity contribution >= 4 is 49.8 Å². The van der Waals surface area contributed by atoms with Gasteiger partial charge in [-0.25, -0.2) is 4.98 Å². The van der Waals surface area contributed by atoms with E-state index in [4.69, 9.17) is 0 Å². The van der Waals surface area contributed by atoms with Crippen molar-refractivity contribution in [3.8, 4) is 17.6 Å². The van der Waals surface area contributed by atoms with Crippen LogP contribution in [0.5, 0.6) is 5.75 Å². The third kappa shape index (κ3) is 4.63. The molecule has 5 aromatic rings. The SMILES string of the molecule is O=CN(CC(=O)O)c1c(O)c2sc3ncccc3c2n(Cc2ccc(C#Cc3cccnc3)cc2)c1=O. The number of aliphatic carboxylic acids is 1. The number of carbonyl (C=O) groups is 2.